The van der Waals surface area contributed by atoms with Crippen molar-refractivity contribution in [3.05, 3.63) is 30.1 Å². The maximum absolute atomic E-state index is 10.7. The Morgan fingerprint density at radius 1 is 1.64 bits per heavy atom. The molecule has 0 N–H and O–H groups in total. The highest BCUT2D eigenvalue weighted by Crippen LogP contribution is 2.11. The Kier molecular flexibility index (Phi) is 2.54. The molecule has 0 bridgehead atoms. The third-order valence-electron chi connectivity index (χ3n) is 1.48. The van der Waals surface area contributed by atoms with E-state index in [0.29, 0.717) is 0 Å². The van der Waals surface area contributed by atoms with Crippen molar-refractivity contribution in [3.63, 3.8) is 0 Å². The number of carbonyl (C=O) groups excluding carboxylic acids is 1. The van der Waals surface area contributed by atoms with Gasteiger partial charge in [-0.2, -0.15) is 0 Å². The molecule has 0 fully saturated rings. The van der Waals surface area contributed by atoms with Crippen LogP contribution >= 0.6 is 0 Å². The van der Waals surface area contributed by atoms with Crippen LogP contribution in [-0.2, 0) is 17.4 Å². The lowest BCUT2D eigenvalue weighted by Crippen LogP contribution is -2.06. The van der Waals surface area contributed by atoms with Crippen LogP contribution in [0, 0.1) is 0 Å². The van der Waals surface area contributed by atoms with E-state index in [9.17, 15) is 4.79 Å². The van der Waals surface area contributed by atoms with Gasteiger partial charge in [-0.05, 0) is 12.1 Å². The fraction of sp³-hybridized carbons (Fsp3) is 0.250. The zero-order valence-corrected chi connectivity index (χ0v) is 6.97. The van der Waals surface area contributed by atoms with Crippen LogP contribution in [0.2, 0.25) is 0 Å². The molecule has 1 unspecified atom stereocenters. The van der Waals surface area contributed by atoms with Gasteiger partial charge < -0.3 is 17.4 Å². The molecule has 0 amide bonds. The first-order valence-electron chi connectivity index (χ1n) is 3.33. The highest BCUT2D eigenvalue weighted by atomic mass is 32.1. The van der Waals surface area contributed by atoms with Gasteiger partial charge in [0, 0.05) is 22.9 Å². The summed E-state index contributed by atoms with van der Waals surface area (Å²) in [6.07, 6.45) is 1.66. The fourth-order valence-electron chi connectivity index (χ4n) is 0.753. The molecule has 1 atom stereocenters. The Hall–Kier alpha value is -0.960. The minimum absolute atomic E-state index is 0.258. The second-order valence-electron chi connectivity index (χ2n) is 2.30. The van der Waals surface area contributed by atoms with E-state index in [2.05, 4.69) is 17.6 Å². The molecule has 1 aromatic heterocycles. The van der Waals surface area contributed by atoms with E-state index < -0.39 is 0 Å². The number of pyridine rings is 1. The van der Waals surface area contributed by atoms with Gasteiger partial charge in [0.05, 0.1) is 0 Å². The minimum Gasteiger partial charge on any atom is -0.741 e. The summed E-state index contributed by atoms with van der Waals surface area (Å²) < 4.78 is 0. The number of hydrogen-bond donors (Lipinski definition) is 0. The summed E-state index contributed by atoms with van der Waals surface area (Å²) in [7, 11) is 0. The number of carbonyl (C=O) groups is 1. The first kappa shape index (κ1) is 8.14. The molecule has 0 spiro atoms. The Morgan fingerprint density at radius 3 is 2.82 bits per heavy atom. The van der Waals surface area contributed by atoms with Gasteiger partial charge in [0.15, 0.2) is 0 Å². The van der Waals surface area contributed by atoms with Crippen LogP contribution in [0.1, 0.15) is 18.5 Å². The summed E-state index contributed by atoms with van der Waals surface area (Å²) in [5, 5.41) is -0.260. The van der Waals surface area contributed by atoms with Crippen LogP contribution in [-0.4, -0.2) is 10.1 Å². The molecular weight excluding hydrogens is 158 g/mol. The number of aromatic nitrogens is 1. The monoisotopic (exact) mass is 166 g/mol. The summed E-state index contributed by atoms with van der Waals surface area (Å²) in [4.78, 5) is 14.7. The maximum Gasteiger partial charge on any atom is 0.0486 e. The first-order valence-corrected chi connectivity index (χ1v) is 3.74. The smallest absolute Gasteiger partial charge is 0.0486 e. The summed E-state index contributed by atoms with van der Waals surface area (Å²) in [5.41, 5.74) is 0.743. The van der Waals surface area contributed by atoms with Gasteiger partial charge in [0.2, 0.25) is 0 Å². The van der Waals surface area contributed by atoms with Crippen molar-refractivity contribution in [2.75, 3.05) is 0 Å². The van der Waals surface area contributed by atoms with Gasteiger partial charge in [-0.15, -0.1) is 0 Å². The van der Waals surface area contributed by atoms with E-state index in [1.165, 1.54) is 0 Å². The van der Waals surface area contributed by atoms with Gasteiger partial charge in [0.25, 0.3) is 0 Å². The van der Waals surface area contributed by atoms with Gasteiger partial charge >= 0.3 is 0 Å². The van der Waals surface area contributed by atoms with Crippen molar-refractivity contribution in [3.8, 4) is 0 Å². The average Bonchev–Trinajstić information content (AvgIpc) is 2.05. The predicted octanol–water partition coefficient (Wildman–Crippen LogP) is 1.26. The molecule has 0 aliphatic heterocycles. The van der Waals surface area contributed by atoms with Crippen molar-refractivity contribution >= 4 is 17.7 Å². The van der Waals surface area contributed by atoms with Crippen molar-refractivity contribution in [1.29, 1.82) is 0 Å². The van der Waals surface area contributed by atoms with Crippen LogP contribution in [0.5, 0.6) is 0 Å². The summed E-state index contributed by atoms with van der Waals surface area (Å²) in [6.45, 7) is 1.76. The van der Waals surface area contributed by atoms with E-state index >= 15 is 0 Å². The number of rotatable bonds is 2. The Morgan fingerprint density at radius 2 is 2.36 bits per heavy atom. The minimum atomic E-state index is -0.260. The van der Waals surface area contributed by atoms with E-state index in [1.54, 1.807) is 19.2 Å². The van der Waals surface area contributed by atoms with E-state index in [4.69, 9.17) is 0 Å². The number of nitrogens with zero attached hydrogens (tertiary/aromatic N) is 1. The van der Waals surface area contributed by atoms with Crippen LogP contribution in [0.3, 0.4) is 0 Å². The normalized spacial score (nSPS) is 12.5. The zero-order chi connectivity index (χ0) is 8.27. The Labute approximate surface area is 71.1 Å². The predicted molar refractivity (Wildman–Crippen MR) is 45.0 cm³/mol. The lowest BCUT2D eigenvalue weighted by atomic mass is 10.1. The molecule has 1 aromatic rings. The standard InChI is InChI=1S/C8H9NOS/c1-6(8(10)11)7-4-2-3-5-9-7/h2-6H,1H3,(H,10,11)/p-1. The molecule has 1 heterocycles. The molecule has 58 valence electrons. The summed E-state index contributed by atoms with van der Waals surface area (Å²) in [6, 6.07) is 5.45. The highest BCUT2D eigenvalue weighted by molar-refractivity contribution is 7.77. The van der Waals surface area contributed by atoms with Gasteiger partial charge in [-0.25, -0.2) is 0 Å². The van der Waals surface area contributed by atoms with Gasteiger partial charge in [0.1, 0.15) is 0 Å². The van der Waals surface area contributed by atoms with Crippen molar-refractivity contribution in [2.45, 2.75) is 12.8 Å². The molecule has 0 saturated carbocycles. The lowest BCUT2D eigenvalue weighted by molar-refractivity contribution is -0.111. The van der Waals surface area contributed by atoms with Crippen molar-refractivity contribution in [1.82, 2.24) is 4.98 Å². The SMILES string of the molecule is CC(C(=O)[S-])c1ccccn1. The topological polar surface area (TPSA) is 30.0 Å². The Bertz CT molecular complexity index is 248. The maximum atomic E-state index is 10.7. The quantitative estimate of drug-likeness (QED) is 0.619. The highest BCUT2D eigenvalue weighted by Gasteiger charge is 2.04. The van der Waals surface area contributed by atoms with Gasteiger partial charge in [-0.1, -0.05) is 13.0 Å². The van der Waals surface area contributed by atoms with Gasteiger partial charge in [-0.3, -0.25) is 4.98 Å². The fourth-order valence-corrected chi connectivity index (χ4v) is 0.874. The van der Waals surface area contributed by atoms with E-state index in [0.717, 1.165) is 5.69 Å². The third-order valence-corrected chi connectivity index (χ3v) is 1.84. The van der Waals surface area contributed by atoms with Crippen LogP contribution in [0.4, 0.5) is 0 Å². The Balaban J connectivity index is 2.85. The summed E-state index contributed by atoms with van der Waals surface area (Å²) in [5.74, 6) is -0.258. The molecule has 1 rings (SSSR count). The molecule has 3 heteroatoms. The lowest BCUT2D eigenvalue weighted by Gasteiger charge is -2.12. The van der Waals surface area contributed by atoms with E-state index in [-0.39, 0.29) is 11.0 Å². The summed E-state index contributed by atoms with van der Waals surface area (Å²) >= 11 is 4.50. The molecule has 0 saturated heterocycles. The first-order chi connectivity index (χ1) is 5.22. The molecular formula is C8H8NOS-. The second kappa shape index (κ2) is 3.44. The zero-order valence-electron chi connectivity index (χ0n) is 6.15. The average molecular weight is 166 g/mol. The molecule has 2 nitrogen and oxygen atoms in total. The molecule has 0 radical (unpaired) electrons. The largest absolute Gasteiger partial charge is 0.741 e. The third kappa shape index (κ3) is 1.98. The second-order valence-corrected chi connectivity index (χ2v) is 2.70. The number of hydrogen-bond acceptors (Lipinski definition) is 3. The van der Waals surface area contributed by atoms with Crippen molar-refractivity contribution in [2.24, 2.45) is 0 Å². The van der Waals surface area contributed by atoms with Crippen LogP contribution in [0.25, 0.3) is 0 Å². The molecule has 0 aromatic carbocycles. The van der Waals surface area contributed by atoms with E-state index in [1.807, 2.05) is 12.1 Å². The molecule has 11 heavy (non-hydrogen) atoms. The molecule has 0 aliphatic rings. The van der Waals surface area contributed by atoms with Crippen LogP contribution in [0.15, 0.2) is 24.4 Å². The molecule has 0 aliphatic carbocycles. The van der Waals surface area contributed by atoms with Crippen LogP contribution < -0.4 is 0 Å². The van der Waals surface area contributed by atoms with Crippen molar-refractivity contribution < 1.29 is 4.79 Å².